The first-order chi connectivity index (χ1) is 8.16. The fourth-order valence-corrected chi connectivity index (χ4v) is 2.37. The lowest BCUT2D eigenvalue weighted by Crippen LogP contribution is -2.19. The molecule has 0 radical (unpaired) electrons. The molecule has 0 spiro atoms. The molecule has 2 rings (SSSR count). The molecule has 0 saturated heterocycles. The summed E-state index contributed by atoms with van der Waals surface area (Å²) in [5.41, 5.74) is 6.34. The summed E-state index contributed by atoms with van der Waals surface area (Å²) >= 11 is 1.30. The monoisotopic (exact) mass is 252 g/mol. The van der Waals surface area contributed by atoms with Crippen LogP contribution in [0.25, 0.3) is 0 Å². The number of rotatable bonds is 4. The number of hydrogen-bond donors (Lipinski definition) is 1. The molecule has 1 aromatic carbocycles. The minimum absolute atomic E-state index is 0.0872. The molecule has 0 aliphatic heterocycles. The van der Waals surface area contributed by atoms with E-state index in [1.165, 1.54) is 24.1 Å². The molecule has 0 aliphatic carbocycles. The molecule has 3 nitrogen and oxygen atoms in total. The summed E-state index contributed by atoms with van der Waals surface area (Å²) in [6.45, 7) is 1.85. The smallest absolute Gasteiger partial charge is 0.260 e. The molecule has 90 valence electrons. The fraction of sp³-hybridized carbons (Fsp3) is 0.250. The van der Waals surface area contributed by atoms with Gasteiger partial charge in [0.2, 0.25) is 0 Å². The van der Waals surface area contributed by atoms with Crippen LogP contribution in [0.2, 0.25) is 0 Å². The molecule has 0 aliphatic rings. The Bertz CT molecular complexity index is 485. The van der Waals surface area contributed by atoms with Crippen LogP contribution < -0.4 is 5.73 Å². The van der Waals surface area contributed by atoms with Crippen molar-refractivity contribution >= 4 is 11.8 Å². The van der Waals surface area contributed by atoms with E-state index in [-0.39, 0.29) is 11.9 Å². The Morgan fingerprint density at radius 2 is 2.35 bits per heavy atom. The van der Waals surface area contributed by atoms with Crippen LogP contribution in [0.5, 0.6) is 0 Å². The second-order valence-electron chi connectivity index (χ2n) is 3.80. The molecule has 0 amide bonds. The number of nitrogens with two attached hydrogens (primary N) is 1. The summed E-state index contributed by atoms with van der Waals surface area (Å²) in [7, 11) is 0. The summed E-state index contributed by atoms with van der Waals surface area (Å²) in [5.74, 6) is -0.237. The zero-order chi connectivity index (χ0) is 12.3. The second kappa shape index (κ2) is 5.33. The fourth-order valence-electron chi connectivity index (χ4n) is 1.51. The molecule has 0 saturated carbocycles. The number of oxazole rings is 1. The standard InChI is InChI=1S/C12H13FN2OS/c1-8(14)7-9-10(13)3-2-4-11(9)17-12-15-5-6-16-12/h2-6,8H,7,14H2,1H3. The van der Waals surface area contributed by atoms with E-state index < -0.39 is 0 Å². The number of halogens is 1. The topological polar surface area (TPSA) is 52.0 Å². The predicted molar refractivity (Wildman–Crippen MR) is 64.4 cm³/mol. The highest BCUT2D eigenvalue weighted by molar-refractivity contribution is 7.99. The molecular weight excluding hydrogens is 239 g/mol. The third-order valence-electron chi connectivity index (χ3n) is 2.21. The van der Waals surface area contributed by atoms with Gasteiger partial charge in [-0.3, -0.25) is 0 Å². The van der Waals surface area contributed by atoms with Crippen LogP contribution in [0.1, 0.15) is 12.5 Å². The Hall–Kier alpha value is -1.33. The first-order valence-corrected chi connectivity index (χ1v) is 6.09. The molecule has 0 fully saturated rings. The maximum atomic E-state index is 13.7. The molecular formula is C12H13FN2OS. The van der Waals surface area contributed by atoms with Crippen LogP contribution in [-0.4, -0.2) is 11.0 Å². The van der Waals surface area contributed by atoms with Gasteiger partial charge in [0, 0.05) is 16.5 Å². The van der Waals surface area contributed by atoms with E-state index in [4.69, 9.17) is 10.2 Å². The average molecular weight is 252 g/mol. The van der Waals surface area contributed by atoms with Gasteiger partial charge in [-0.1, -0.05) is 6.07 Å². The van der Waals surface area contributed by atoms with Gasteiger partial charge in [0.05, 0.1) is 6.20 Å². The number of benzene rings is 1. The largest absolute Gasteiger partial charge is 0.440 e. The minimum Gasteiger partial charge on any atom is -0.440 e. The molecule has 1 heterocycles. The van der Waals surface area contributed by atoms with Crippen molar-refractivity contribution in [2.75, 3.05) is 0 Å². The van der Waals surface area contributed by atoms with Crippen molar-refractivity contribution in [1.82, 2.24) is 4.98 Å². The zero-order valence-electron chi connectivity index (χ0n) is 9.39. The van der Waals surface area contributed by atoms with Gasteiger partial charge >= 0.3 is 0 Å². The van der Waals surface area contributed by atoms with E-state index in [0.717, 1.165) is 4.90 Å². The van der Waals surface area contributed by atoms with Gasteiger partial charge in [0.15, 0.2) is 0 Å². The van der Waals surface area contributed by atoms with Crippen molar-refractivity contribution in [2.45, 2.75) is 29.5 Å². The SMILES string of the molecule is CC(N)Cc1c(F)cccc1Sc1ncco1. The van der Waals surface area contributed by atoms with Crippen LogP contribution in [0, 0.1) is 5.82 Å². The molecule has 17 heavy (non-hydrogen) atoms. The predicted octanol–water partition coefficient (Wildman–Crippen LogP) is 2.85. The van der Waals surface area contributed by atoms with Gasteiger partial charge in [-0.05, 0) is 37.2 Å². The number of hydrogen-bond acceptors (Lipinski definition) is 4. The lowest BCUT2D eigenvalue weighted by atomic mass is 10.1. The summed E-state index contributed by atoms with van der Waals surface area (Å²) in [4.78, 5) is 4.80. The highest BCUT2D eigenvalue weighted by Gasteiger charge is 2.13. The van der Waals surface area contributed by atoms with Crippen LogP contribution in [0.15, 0.2) is 45.2 Å². The Balaban J connectivity index is 2.29. The van der Waals surface area contributed by atoms with Gasteiger partial charge in [-0.2, -0.15) is 0 Å². The molecule has 2 N–H and O–H groups in total. The number of aromatic nitrogens is 1. The van der Waals surface area contributed by atoms with Gasteiger partial charge < -0.3 is 10.2 Å². The van der Waals surface area contributed by atoms with Crippen molar-refractivity contribution in [3.63, 3.8) is 0 Å². The lowest BCUT2D eigenvalue weighted by molar-refractivity contribution is 0.454. The maximum Gasteiger partial charge on any atom is 0.260 e. The van der Waals surface area contributed by atoms with E-state index >= 15 is 0 Å². The summed E-state index contributed by atoms with van der Waals surface area (Å²) < 4.78 is 18.9. The third kappa shape index (κ3) is 3.08. The zero-order valence-corrected chi connectivity index (χ0v) is 10.2. The molecule has 2 aromatic rings. The number of nitrogens with zero attached hydrogens (tertiary/aromatic N) is 1. The Kier molecular flexibility index (Phi) is 3.81. The van der Waals surface area contributed by atoms with E-state index in [0.29, 0.717) is 17.2 Å². The van der Waals surface area contributed by atoms with E-state index in [1.54, 1.807) is 12.3 Å². The third-order valence-corrected chi connectivity index (χ3v) is 3.19. The molecule has 1 unspecified atom stereocenters. The van der Waals surface area contributed by atoms with E-state index in [9.17, 15) is 4.39 Å². The Labute approximate surface area is 103 Å². The van der Waals surface area contributed by atoms with Crippen molar-refractivity contribution < 1.29 is 8.81 Å². The highest BCUT2D eigenvalue weighted by Crippen LogP contribution is 2.31. The molecule has 1 atom stereocenters. The average Bonchev–Trinajstić information content (AvgIpc) is 2.75. The second-order valence-corrected chi connectivity index (χ2v) is 4.79. The molecule has 5 heteroatoms. The van der Waals surface area contributed by atoms with E-state index in [1.807, 2.05) is 13.0 Å². The van der Waals surface area contributed by atoms with Gasteiger partial charge in [0.25, 0.3) is 5.22 Å². The van der Waals surface area contributed by atoms with Crippen molar-refractivity contribution in [2.24, 2.45) is 5.73 Å². The normalized spacial score (nSPS) is 12.6. The van der Waals surface area contributed by atoms with Crippen LogP contribution >= 0.6 is 11.8 Å². The highest BCUT2D eigenvalue weighted by atomic mass is 32.2. The quantitative estimate of drug-likeness (QED) is 0.909. The van der Waals surface area contributed by atoms with Crippen molar-refractivity contribution in [3.05, 3.63) is 42.0 Å². The maximum absolute atomic E-state index is 13.7. The van der Waals surface area contributed by atoms with Crippen LogP contribution in [0.4, 0.5) is 4.39 Å². The lowest BCUT2D eigenvalue weighted by Gasteiger charge is -2.10. The summed E-state index contributed by atoms with van der Waals surface area (Å²) in [6, 6.07) is 4.87. The first-order valence-electron chi connectivity index (χ1n) is 5.27. The minimum atomic E-state index is -0.237. The van der Waals surface area contributed by atoms with Gasteiger partial charge in [0.1, 0.15) is 12.1 Å². The van der Waals surface area contributed by atoms with Crippen molar-refractivity contribution in [3.8, 4) is 0 Å². The summed E-state index contributed by atoms with van der Waals surface area (Å²) in [5, 5.41) is 0.501. The van der Waals surface area contributed by atoms with E-state index in [2.05, 4.69) is 4.98 Å². The summed E-state index contributed by atoms with van der Waals surface area (Å²) in [6.07, 6.45) is 3.55. The van der Waals surface area contributed by atoms with Gasteiger partial charge in [-0.15, -0.1) is 0 Å². The first kappa shape index (κ1) is 12.1. The van der Waals surface area contributed by atoms with Crippen molar-refractivity contribution in [1.29, 1.82) is 0 Å². The molecule has 0 bridgehead atoms. The van der Waals surface area contributed by atoms with Gasteiger partial charge in [-0.25, -0.2) is 9.37 Å². The molecule has 1 aromatic heterocycles. The van der Waals surface area contributed by atoms with Crippen LogP contribution in [0.3, 0.4) is 0 Å². The Morgan fingerprint density at radius 1 is 1.53 bits per heavy atom. The van der Waals surface area contributed by atoms with Crippen LogP contribution in [-0.2, 0) is 6.42 Å². The Morgan fingerprint density at radius 3 is 3.00 bits per heavy atom.